The van der Waals surface area contributed by atoms with Crippen LogP contribution in [0, 0.1) is 0 Å². The van der Waals surface area contributed by atoms with E-state index in [2.05, 4.69) is 28.1 Å². The van der Waals surface area contributed by atoms with Crippen molar-refractivity contribution in [3.05, 3.63) is 68.7 Å². The maximum absolute atomic E-state index is 11.0. The molecule has 2 atom stereocenters. The van der Waals surface area contributed by atoms with Gasteiger partial charge < -0.3 is 10.8 Å². The van der Waals surface area contributed by atoms with E-state index in [9.17, 15) is 5.11 Å². The van der Waals surface area contributed by atoms with Crippen molar-refractivity contribution in [1.82, 2.24) is 0 Å². The van der Waals surface area contributed by atoms with Crippen molar-refractivity contribution in [2.45, 2.75) is 24.4 Å². The Bertz CT molecular complexity index is 676. The zero-order chi connectivity index (χ0) is 15.0. The molecule has 3 N–H and O–H groups in total. The Labute approximate surface area is 138 Å². The first-order chi connectivity index (χ1) is 10.1. The highest BCUT2D eigenvalue weighted by Crippen LogP contribution is 2.48. The van der Waals surface area contributed by atoms with Gasteiger partial charge in [-0.1, -0.05) is 57.9 Å². The fraction of sp³-hybridized carbons (Fsp3) is 0.294. The first kappa shape index (κ1) is 15.0. The summed E-state index contributed by atoms with van der Waals surface area (Å²) in [5.41, 5.74) is 8.80. The van der Waals surface area contributed by atoms with E-state index in [0.29, 0.717) is 11.6 Å². The average molecular weight is 367 g/mol. The maximum atomic E-state index is 11.0. The van der Waals surface area contributed by atoms with Crippen LogP contribution in [0.1, 0.15) is 29.2 Å². The monoisotopic (exact) mass is 365 g/mol. The van der Waals surface area contributed by atoms with E-state index in [1.54, 1.807) is 0 Å². The van der Waals surface area contributed by atoms with Crippen LogP contribution in [-0.4, -0.2) is 11.7 Å². The van der Waals surface area contributed by atoms with E-state index in [1.807, 2.05) is 30.3 Å². The summed E-state index contributed by atoms with van der Waals surface area (Å²) in [4.78, 5) is 0. The Morgan fingerprint density at radius 3 is 2.76 bits per heavy atom. The van der Waals surface area contributed by atoms with Crippen LogP contribution in [0.4, 0.5) is 0 Å². The molecule has 0 saturated carbocycles. The third-order valence-electron chi connectivity index (χ3n) is 4.54. The van der Waals surface area contributed by atoms with Gasteiger partial charge in [0, 0.05) is 27.0 Å². The molecule has 0 radical (unpaired) electrons. The molecule has 1 aliphatic rings. The van der Waals surface area contributed by atoms with Crippen molar-refractivity contribution in [1.29, 1.82) is 0 Å². The molecular weight excluding hydrogens is 350 g/mol. The minimum Gasteiger partial charge on any atom is -0.387 e. The first-order valence-electron chi connectivity index (χ1n) is 7.00. The highest BCUT2D eigenvalue weighted by atomic mass is 79.9. The molecule has 0 aliphatic heterocycles. The Morgan fingerprint density at radius 2 is 2.05 bits per heavy atom. The van der Waals surface area contributed by atoms with E-state index < -0.39 is 11.5 Å². The van der Waals surface area contributed by atoms with Gasteiger partial charge in [-0.15, -0.1) is 0 Å². The topological polar surface area (TPSA) is 46.2 Å². The van der Waals surface area contributed by atoms with Crippen molar-refractivity contribution in [2.24, 2.45) is 5.73 Å². The lowest BCUT2D eigenvalue weighted by molar-refractivity contribution is 0.0841. The van der Waals surface area contributed by atoms with Gasteiger partial charge in [0.25, 0.3) is 0 Å². The van der Waals surface area contributed by atoms with Gasteiger partial charge in [-0.05, 0) is 36.1 Å². The number of rotatable bonds is 3. The summed E-state index contributed by atoms with van der Waals surface area (Å²) in [5.74, 6) is 0. The van der Waals surface area contributed by atoms with Gasteiger partial charge in [-0.25, -0.2) is 0 Å². The van der Waals surface area contributed by atoms with Crippen LogP contribution < -0.4 is 5.73 Å². The van der Waals surface area contributed by atoms with Crippen LogP contribution in [0.3, 0.4) is 0 Å². The molecule has 2 unspecified atom stereocenters. The molecule has 0 fully saturated rings. The van der Waals surface area contributed by atoms with Gasteiger partial charge in [-0.2, -0.15) is 0 Å². The highest BCUT2D eigenvalue weighted by molar-refractivity contribution is 9.10. The molecule has 4 heteroatoms. The lowest BCUT2D eigenvalue weighted by Crippen LogP contribution is -2.39. The first-order valence-corrected chi connectivity index (χ1v) is 8.17. The SMILES string of the molecule is NCC1(C(O)c2ccc(Br)cc2Cl)CCc2ccccc21. The van der Waals surface area contributed by atoms with Gasteiger partial charge in [0.2, 0.25) is 0 Å². The van der Waals surface area contributed by atoms with Crippen LogP contribution in [0.5, 0.6) is 0 Å². The van der Waals surface area contributed by atoms with Crippen LogP contribution in [0.25, 0.3) is 0 Å². The van der Waals surface area contributed by atoms with Gasteiger partial charge >= 0.3 is 0 Å². The number of aliphatic hydroxyl groups is 1. The Hall–Kier alpha value is -0.870. The highest BCUT2D eigenvalue weighted by Gasteiger charge is 2.44. The van der Waals surface area contributed by atoms with Crippen LogP contribution in [-0.2, 0) is 11.8 Å². The smallest absolute Gasteiger partial charge is 0.0913 e. The summed E-state index contributed by atoms with van der Waals surface area (Å²) in [6.45, 7) is 0.400. The molecular formula is C17H17BrClNO. The second-order valence-electron chi connectivity index (χ2n) is 5.59. The predicted molar refractivity (Wildman–Crippen MR) is 89.6 cm³/mol. The van der Waals surface area contributed by atoms with E-state index in [0.717, 1.165) is 28.4 Å². The van der Waals surface area contributed by atoms with Gasteiger partial charge in [0.1, 0.15) is 0 Å². The van der Waals surface area contributed by atoms with E-state index >= 15 is 0 Å². The molecule has 3 rings (SSSR count). The molecule has 1 aliphatic carbocycles. The van der Waals surface area contributed by atoms with Crippen LogP contribution in [0.15, 0.2) is 46.9 Å². The zero-order valence-corrected chi connectivity index (χ0v) is 13.9. The summed E-state index contributed by atoms with van der Waals surface area (Å²) in [6.07, 6.45) is 1.08. The quantitative estimate of drug-likeness (QED) is 0.863. The lowest BCUT2D eigenvalue weighted by Gasteiger charge is -2.35. The van der Waals surface area contributed by atoms with E-state index in [-0.39, 0.29) is 0 Å². The van der Waals surface area contributed by atoms with Crippen molar-refractivity contribution < 1.29 is 5.11 Å². The number of fused-ring (bicyclic) bond motifs is 1. The fourth-order valence-electron chi connectivity index (χ4n) is 3.35. The molecule has 2 aromatic carbocycles. The largest absolute Gasteiger partial charge is 0.387 e. The molecule has 2 nitrogen and oxygen atoms in total. The van der Waals surface area contributed by atoms with Crippen molar-refractivity contribution >= 4 is 27.5 Å². The number of halogens is 2. The van der Waals surface area contributed by atoms with Crippen molar-refractivity contribution in [3.8, 4) is 0 Å². The standard InChI is InChI=1S/C17H17BrClNO/c18-12-5-6-13(15(19)9-12)16(21)17(10-20)8-7-11-3-1-2-4-14(11)17/h1-6,9,16,21H,7-8,10,20H2. The van der Waals surface area contributed by atoms with Gasteiger partial charge in [-0.3, -0.25) is 0 Å². The Morgan fingerprint density at radius 1 is 1.29 bits per heavy atom. The average Bonchev–Trinajstić information content (AvgIpc) is 2.87. The molecule has 0 heterocycles. The zero-order valence-electron chi connectivity index (χ0n) is 11.5. The molecule has 21 heavy (non-hydrogen) atoms. The maximum Gasteiger partial charge on any atom is 0.0913 e. The second-order valence-corrected chi connectivity index (χ2v) is 6.91. The molecule has 0 amide bonds. The van der Waals surface area contributed by atoms with Crippen molar-refractivity contribution in [2.75, 3.05) is 6.54 Å². The fourth-order valence-corrected chi connectivity index (χ4v) is 4.12. The third kappa shape index (κ3) is 2.42. The third-order valence-corrected chi connectivity index (χ3v) is 5.36. The number of benzene rings is 2. The summed E-state index contributed by atoms with van der Waals surface area (Å²) in [6, 6.07) is 13.8. The predicted octanol–water partition coefficient (Wildman–Crippen LogP) is 3.98. The normalized spacial score (nSPS) is 22.1. The minimum atomic E-state index is -0.702. The molecule has 0 saturated heterocycles. The number of nitrogens with two attached hydrogens (primary N) is 1. The molecule has 0 bridgehead atoms. The summed E-state index contributed by atoms with van der Waals surface area (Å²) in [5, 5.41) is 11.6. The lowest BCUT2D eigenvalue weighted by atomic mass is 9.74. The number of aliphatic hydroxyl groups excluding tert-OH is 1. The summed E-state index contributed by atoms with van der Waals surface area (Å²) >= 11 is 9.71. The number of hydrogen-bond acceptors (Lipinski definition) is 2. The second kappa shape index (κ2) is 5.73. The van der Waals surface area contributed by atoms with E-state index in [4.69, 9.17) is 17.3 Å². The minimum absolute atomic E-state index is 0.400. The number of hydrogen-bond donors (Lipinski definition) is 2. The number of aryl methyl sites for hydroxylation is 1. The molecule has 0 spiro atoms. The Balaban J connectivity index is 2.09. The summed E-state index contributed by atoms with van der Waals surface area (Å²) < 4.78 is 0.900. The molecule has 110 valence electrons. The van der Waals surface area contributed by atoms with Crippen LogP contribution >= 0.6 is 27.5 Å². The van der Waals surface area contributed by atoms with Gasteiger partial charge in [0.05, 0.1) is 6.10 Å². The van der Waals surface area contributed by atoms with Gasteiger partial charge in [0.15, 0.2) is 0 Å². The molecule has 0 aromatic heterocycles. The molecule has 2 aromatic rings. The summed E-state index contributed by atoms with van der Waals surface area (Å²) in [7, 11) is 0. The van der Waals surface area contributed by atoms with Crippen LogP contribution in [0.2, 0.25) is 5.02 Å². The van der Waals surface area contributed by atoms with E-state index in [1.165, 1.54) is 5.56 Å². The Kier molecular flexibility index (Phi) is 4.10. The van der Waals surface area contributed by atoms with Crippen molar-refractivity contribution in [3.63, 3.8) is 0 Å².